The number of amides is 2. The Morgan fingerprint density at radius 1 is 1.52 bits per heavy atom. The van der Waals surface area contributed by atoms with Crippen molar-refractivity contribution in [2.45, 2.75) is 45.2 Å². The number of cyclic esters (lactones) is 1. The van der Waals surface area contributed by atoms with E-state index in [1.54, 1.807) is 4.90 Å². The first kappa shape index (κ1) is 15.7. The molecular formula is C15H24N2O4. The maximum absolute atomic E-state index is 12.0. The molecule has 0 N–H and O–H groups in total. The van der Waals surface area contributed by atoms with Gasteiger partial charge in [-0.1, -0.05) is 26.8 Å². The summed E-state index contributed by atoms with van der Waals surface area (Å²) < 4.78 is 10.0. The van der Waals surface area contributed by atoms with Crippen LogP contribution in [0, 0.1) is 5.92 Å². The van der Waals surface area contributed by atoms with Gasteiger partial charge in [0, 0.05) is 19.1 Å². The number of ether oxygens (including phenoxy) is 2. The smallest absolute Gasteiger partial charge is 0.414 e. The fraction of sp³-hybridized carbons (Fsp3) is 0.733. The van der Waals surface area contributed by atoms with E-state index in [1.165, 1.54) is 0 Å². The molecule has 2 aliphatic heterocycles. The van der Waals surface area contributed by atoms with Gasteiger partial charge < -0.3 is 14.4 Å². The average Bonchev–Trinajstić information content (AvgIpc) is 2.88. The summed E-state index contributed by atoms with van der Waals surface area (Å²) in [6, 6.07) is 0.297. The van der Waals surface area contributed by atoms with Crippen molar-refractivity contribution in [3.63, 3.8) is 0 Å². The van der Waals surface area contributed by atoms with Gasteiger partial charge in [0.2, 0.25) is 0 Å². The highest BCUT2D eigenvalue weighted by Crippen LogP contribution is 2.28. The van der Waals surface area contributed by atoms with Gasteiger partial charge in [0.05, 0.1) is 12.3 Å². The summed E-state index contributed by atoms with van der Waals surface area (Å²) in [6.45, 7) is 9.32. The molecule has 0 unspecified atom stereocenters. The molecule has 118 valence electrons. The highest BCUT2D eigenvalue weighted by molar-refractivity contribution is 5.71. The molecule has 0 aromatic heterocycles. The van der Waals surface area contributed by atoms with Gasteiger partial charge in [0.1, 0.15) is 6.61 Å². The van der Waals surface area contributed by atoms with Crippen LogP contribution in [-0.2, 0) is 9.47 Å². The fourth-order valence-electron chi connectivity index (χ4n) is 3.05. The van der Waals surface area contributed by atoms with Crippen molar-refractivity contribution < 1.29 is 19.1 Å². The lowest BCUT2D eigenvalue weighted by atomic mass is 9.95. The maximum atomic E-state index is 12.0. The standard InChI is InChI=1S/C15H24N2O4/c1-4-11(3)13-10-21-15(19)17(13)12-6-8-16(9-7-12)14(18)20-5-2/h5,11-13H,2,4,6-10H2,1,3H3/t11-,13+/m0/s1. The lowest BCUT2D eigenvalue weighted by Crippen LogP contribution is -2.51. The monoisotopic (exact) mass is 296 g/mol. The Kier molecular flexibility index (Phi) is 5.09. The average molecular weight is 296 g/mol. The molecule has 2 amide bonds. The van der Waals surface area contributed by atoms with E-state index in [0.717, 1.165) is 25.5 Å². The topological polar surface area (TPSA) is 59.1 Å². The molecule has 2 heterocycles. The summed E-state index contributed by atoms with van der Waals surface area (Å²) in [6.07, 6.45) is 3.09. The molecule has 0 aliphatic carbocycles. The molecule has 2 rings (SSSR count). The van der Waals surface area contributed by atoms with Crippen LogP contribution in [0.25, 0.3) is 0 Å². The van der Waals surface area contributed by atoms with Crippen molar-refractivity contribution in [2.24, 2.45) is 5.92 Å². The Balaban J connectivity index is 1.95. The lowest BCUT2D eigenvalue weighted by molar-refractivity contribution is 0.0861. The second kappa shape index (κ2) is 6.83. The molecule has 2 saturated heterocycles. The van der Waals surface area contributed by atoms with Crippen molar-refractivity contribution in [2.75, 3.05) is 19.7 Å². The second-order valence-corrected chi connectivity index (χ2v) is 5.71. The van der Waals surface area contributed by atoms with E-state index < -0.39 is 0 Å². The van der Waals surface area contributed by atoms with Gasteiger partial charge in [0.15, 0.2) is 0 Å². The zero-order valence-corrected chi connectivity index (χ0v) is 12.8. The van der Waals surface area contributed by atoms with E-state index in [4.69, 9.17) is 9.47 Å². The van der Waals surface area contributed by atoms with Crippen LogP contribution >= 0.6 is 0 Å². The van der Waals surface area contributed by atoms with Gasteiger partial charge in [-0.05, 0) is 18.8 Å². The Labute approximate surface area is 125 Å². The number of carbonyl (C=O) groups is 2. The van der Waals surface area contributed by atoms with Gasteiger partial charge in [-0.15, -0.1) is 0 Å². The molecule has 0 aromatic rings. The Morgan fingerprint density at radius 3 is 2.76 bits per heavy atom. The summed E-state index contributed by atoms with van der Waals surface area (Å²) in [5.41, 5.74) is 0. The fourth-order valence-corrected chi connectivity index (χ4v) is 3.05. The van der Waals surface area contributed by atoms with Gasteiger partial charge in [-0.2, -0.15) is 0 Å². The van der Waals surface area contributed by atoms with Crippen molar-refractivity contribution in [1.29, 1.82) is 0 Å². The van der Waals surface area contributed by atoms with Crippen LogP contribution in [-0.4, -0.2) is 53.8 Å². The number of hydrogen-bond acceptors (Lipinski definition) is 4. The molecule has 6 nitrogen and oxygen atoms in total. The van der Waals surface area contributed by atoms with Crippen LogP contribution in [0.5, 0.6) is 0 Å². The predicted molar refractivity (Wildman–Crippen MR) is 77.7 cm³/mol. The van der Waals surface area contributed by atoms with Crippen LogP contribution in [0.3, 0.4) is 0 Å². The van der Waals surface area contributed by atoms with Crippen LogP contribution in [0.2, 0.25) is 0 Å². The molecular weight excluding hydrogens is 272 g/mol. The number of rotatable bonds is 4. The van der Waals surface area contributed by atoms with E-state index in [1.807, 2.05) is 4.90 Å². The zero-order chi connectivity index (χ0) is 15.4. The lowest BCUT2D eigenvalue weighted by Gasteiger charge is -2.38. The zero-order valence-electron chi connectivity index (χ0n) is 12.8. The minimum absolute atomic E-state index is 0.145. The summed E-state index contributed by atoms with van der Waals surface area (Å²) in [7, 11) is 0. The first-order valence-electron chi connectivity index (χ1n) is 7.60. The highest BCUT2D eigenvalue weighted by atomic mass is 16.6. The molecule has 0 radical (unpaired) electrons. The number of hydrogen-bond donors (Lipinski definition) is 0. The van der Waals surface area contributed by atoms with Crippen molar-refractivity contribution in [3.05, 3.63) is 12.8 Å². The number of likely N-dealkylation sites (tertiary alicyclic amines) is 1. The second-order valence-electron chi connectivity index (χ2n) is 5.71. The van der Waals surface area contributed by atoms with Crippen LogP contribution < -0.4 is 0 Å². The molecule has 2 atom stereocenters. The molecule has 2 aliphatic rings. The Hall–Kier alpha value is -1.72. The maximum Gasteiger partial charge on any atom is 0.414 e. The molecule has 21 heavy (non-hydrogen) atoms. The summed E-state index contributed by atoms with van der Waals surface area (Å²) in [5, 5.41) is 0. The predicted octanol–water partition coefficient (Wildman–Crippen LogP) is 2.60. The van der Waals surface area contributed by atoms with E-state index in [0.29, 0.717) is 25.6 Å². The van der Waals surface area contributed by atoms with E-state index in [9.17, 15) is 9.59 Å². The summed E-state index contributed by atoms with van der Waals surface area (Å²) in [4.78, 5) is 27.2. The third kappa shape index (κ3) is 3.31. The van der Waals surface area contributed by atoms with Crippen LogP contribution in [0.4, 0.5) is 9.59 Å². The summed E-state index contributed by atoms with van der Waals surface area (Å²) in [5.74, 6) is 0.417. The van der Waals surface area contributed by atoms with E-state index in [-0.39, 0.29) is 24.3 Å². The first-order valence-corrected chi connectivity index (χ1v) is 7.60. The largest absolute Gasteiger partial charge is 0.447 e. The van der Waals surface area contributed by atoms with Crippen LogP contribution in [0.1, 0.15) is 33.1 Å². The molecule has 6 heteroatoms. The minimum Gasteiger partial charge on any atom is -0.447 e. The first-order chi connectivity index (χ1) is 10.1. The molecule has 0 aromatic carbocycles. The Morgan fingerprint density at radius 2 is 2.19 bits per heavy atom. The number of piperidine rings is 1. The van der Waals surface area contributed by atoms with Gasteiger partial charge in [-0.25, -0.2) is 9.59 Å². The van der Waals surface area contributed by atoms with Gasteiger partial charge in [-0.3, -0.25) is 4.90 Å². The van der Waals surface area contributed by atoms with E-state index in [2.05, 4.69) is 20.4 Å². The van der Waals surface area contributed by atoms with Crippen molar-refractivity contribution in [1.82, 2.24) is 9.80 Å². The van der Waals surface area contributed by atoms with Gasteiger partial charge in [0.25, 0.3) is 0 Å². The molecule has 0 spiro atoms. The highest BCUT2D eigenvalue weighted by Gasteiger charge is 2.41. The SMILES string of the molecule is C=COC(=O)N1CCC(N2C(=O)OC[C@@H]2[C@@H](C)CC)CC1. The normalized spacial score (nSPS) is 24.7. The Bertz CT molecular complexity index is 404. The van der Waals surface area contributed by atoms with Crippen molar-refractivity contribution >= 4 is 12.2 Å². The van der Waals surface area contributed by atoms with Gasteiger partial charge >= 0.3 is 12.2 Å². The quantitative estimate of drug-likeness (QED) is 0.748. The third-order valence-electron chi connectivity index (χ3n) is 4.55. The molecule has 0 bridgehead atoms. The third-order valence-corrected chi connectivity index (χ3v) is 4.55. The summed E-state index contributed by atoms with van der Waals surface area (Å²) >= 11 is 0. The van der Waals surface area contributed by atoms with E-state index >= 15 is 0 Å². The molecule has 2 fully saturated rings. The number of nitrogens with zero attached hydrogens (tertiary/aromatic N) is 2. The number of carbonyl (C=O) groups excluding carboxylic acids is 2. The minimum atomic E-state index is -0.370. The van der Waals surface area contributed by atoms with Crippen molar-refractivity contribution in [3.8, 4) is 0 Å². The van der Waals surface area contributed by atoms with Crippen LogP contribution in [0.15, 0.2) is 12.8 Å². The molecule has 0 saturated carbocycles.